The Labute approximate surface area is 263 Å². The fourth-order valence-corrected chi connectivity index (χ4v) is 5.74. The van der Waals surface area contributed by atoms with E-state index >= 15 is 4.39 Å². The maximum Gasteiger partial charge on any atom is 0.420 e. The van der Waals surface area contributed by atoms with Gasteiger partial charge in [-0.2, -0.15) is 0 Å². The number of carbonyl (C=O) groups is 1. The van der Waals surface area contributed by atoms with E-state index in [-0.39, 0.29) is 45.4 Å². The first-order valence-corrected chi connectivity index (χ1v) is 15.4. The SMILES string of the molecule is COc1cc(C(O)c2c[nH]c3ncc(Cl)cc23)c(F)cc1OCc1nc2cc(S(=O)(=O)N(C)C)ccc2n1C(=O)OC(C)(C)C. The molecule has 3 aromatic heterocycles. The van der Waals surface area contributed by atoms with Gasteiger partial charge in [0, 0.05) is 49.1 Å². The van der Waals surface area contributed by atoms with Crippen molar-refractivity contribution in [1.82, 2.24) is 23.8 Å². The molecule has 5 aromatic rings. The third-order valence-corrected chi connectivity index (χ3v) is 8.83. The van der Waals surface area contributed by atoms with Crippen LogP contribution in [0.3, 0.4) is 0 Å². The molecular weight excluding hydrogens is 629 g/mol. The minimum absolute atomic E-state index is 0.0209. The molecule has 238 valence electrons. The number of H-pyrrole nitrogens is 1. The van der Waals surface area contributed by atoms with E-state index < -0.39 is 33.6 Å². The standard InChI is InChI=1S/C30H31ClFN5O7S/c1-30(2,3)44-29(39)37-23-8-7-17(45(40,41)36(4)5)10-22(23)35-26(37)15-43-25-12-21(32)19(11-24(25)42-6)27(38)20-14-34-28-18(20)9-16(31)13-33-28/h7-14,27,38H,15H2,1-6H3,(H,33,34). The Morgan fingerprint density at radius 2 is 1.89 bits per heavy atom. The molecule has 2 N–H and O–H groups in total. The number of hydrogen-bond donors (Lipinski definition) is 2. The van der Waals surface area contributed by atoms with E-state index in [1.807, 2.05) is 0 Å². The third-order valence-electron chi connectivity index (χ3n) is 6.81. The molecule has 12 nitrogen and oxygen atoms in total. The number of methoxy groups -OCH3 is 1. The number of aliphatic hydroxyl groups is 1. The Morgan fingerprint density at radius 1 is 1.16 bits per heavy atom. The molecule has 0 saturated carbocycles. The number of aromatic nitrogens is 4. The summed E-state index contributed by atoms with van der Waals surface area (Å²) in [6.45, 7) is 4.75. The van der Waals surface area contributed by atoms with Crippen LogP contribution in [0.1, 0.15) is 43.8 Å². The summed E-state index contributed by atoms with van der Waals surface area (Å²) in [5.41, 5.74) is 0.375. The molecule has 0 amide bonds. The highest BCUT2D eigenvalue weighted by molar-refractivity contribution is 7.89. The van der Waals surface area contributed by atoms with E-state index in [0.29, 0.717) is 21.6 Å². The third kappa shape index (κ3) is 6.31. The molecule has 0 aliphatic heterocycles. The number of pyridine rings is 1. The monoisotopic (exact) mass is 659 g/mol. The Morgan fingerprint density at radius 3 is 2.56 bits per heavy atom. The number of carbonyl (C=O) groups excluding carboxylic acids is 1. The molecular formula is C30H31ClFN5O7S. The number of benzene rings is 2. The minimum Gasteiger partial charge on any atom is -0.493 e. The molecule has 0 aliphatic carbocycles. The molecule has 0 spiro atoms. The van der Waals surface area contributed by atoms with Crippen molar-refractivity contribution in [3.05, 3.63) is 76.6 Å². The second-order valence-electron chi connectivity index (χ2n) is 11.3. The largest absolute Gasteiger partial charge is 0.493 e. The van der Waals surface area contributed by atoms with Crippen molar-refractivity contribution in [3.63, 3.8) is 0 Å². The molecule has 45 heavy (non-hydrogen) atoms. The highest BCUT2D eigenvalue weighted by Gasteiger charge is 2.27. The Bertz CT molecular complexity index is 2040. The summed E-state index contributed by atoms with van der Waals surface area (Å²) in [5.74, 6) is -0.663. The number of sulfonamides is 1. The van der Waals surface area contributed by atoms with Crippen LogP contribution in [0, 0.1) is 5.82 Å². The van der Waals surface area contributed by atoms with Gasteiger partial charge >= 0.3 is 6.09 Å². The summed E-state index contributed by atoms with van der Waals surface area (Å²) in [6.07, 6.45) is 0.807. The highest BCUT2D eigenvalue weighted by atomic mass is 35.5. The fourth-order valence-electron chi connectivity index (χ4n) is 4.66. The first kappa shape index (κ1) is 32.2. The number of imidazole rings is 1. The van der Waals surface area contributed by atoms with Crippen molar-refractivity contribution >= 4 is 49.8 Å². The van der Waals surface area contributed by atoms with E-state index in [0.717, 1.165) is 10.4 Å². The lowest BCUT2D eigenvalue weighted by Crippen LogP contribution is -2.28. The smallest absolute Gasteiger partial charge is 0.420 e. The number of aromatic amines is 1. The molecule has 0 saturated heterocycles. The lowest BCUT2D eigenvalue weighted by molar-refractivity contribution is 0.0533. The van der Waals surface area contributed by atoms with Crippen LogP contribution >= 0.6 is 11.6 Å². The number of hydrogen-bond acceptors (Lipinski definition) is 9. The van der Waals surface area contributed by atoms with Gasteiger partial charge in [-0.25, -0.2) is 36.4 Å². The van der Waals surface area contributed by atoms with Gasteiger partial charge in [-0.3, -0.25) is 0 Å². The van der Waals surface area contributed by atoms with Crippen LogP contribution in [0.25, 0.3) is 22.1 Å². The summed E-state index contributed by atoms with van der Waals surface area (Å²) in [5, 5.41) is 12.0. The molecule has 0 aliphatic rings. The minimum atomic E-state index is -3.79. The van der Waals surface area contributed by atoms with Gasteiger partial charge in [-0.15, -0.1) is 0 Å². The van der Waals surface area contributed by atoms with Crippen molar-refractivity contribution in [2.45, 2.75) is 44.0 Å². The average molecular weight is 660 g/mol. The van der Waals surface area contributed by atoms with E-state index in [1.54, 1.807) is 26.8 Å². The van der Waals surface area contributed by atoms with E-state index in [2.05, 4.69) is 15.0 Å². The molecule has 0 fully saturated rings. The number of rotatable bonds is 8. The number of nitrogens with one attached hydrogen (secondary N) is 1. The maximum absolute atomic E-state index is 15.5. The van der Waals surface area contributed by atoms with Crippen LogP contribution in [0.2, 0.25) is 5.02 Å². The zero-order chi connectivity index (χ0) is 32.8. The van der Waals surface area contributed by atoms with Gasteiger partial charge in [0.25, 0.3) is 0 Å². The number of halogens is 2. The van der Waals surface area contributed by atoms with Crippen LogP contribution in [0.15, 0.2) is 53.7 Å². The number of fused-ring (bicyclic) bond motifs is 2. The van der Waals surface area contributed by atoms with Gasteiger partial charge in [-0.05, 0) is 51.1 Å². The first-order chi connectivity index (χ1) is 21.1. The van der Waals surface area contributed by atoms with Crippen LogP contribution < -0.4 is 9.47 Å². The average Bonchev–Trinajstić information content (AvgIpc) is 3.55. The first-order valence-electron chi connectivity index (χ1n) is 13.6. The topological polar surface area (TPSA) is 149 Å². The van der Waals surface area contributed by atoms with E-state index in [1.165, 1.54) is 62.4 Å². The predicted molar refractivity (Wildman–Crippen MR) is 165 cm³/mol. The van der Waals surface area contributed by atoms with Gasteiger partial charge < -0.3 is 24.3 Å². The van der Waals surface area contributed by atoms with Crippen LogP contribution in [0.5, 0.6) is 11.5 Å². The summed E-state index contributed by atoms with van der Waals surface area (Å²) in [4.78, 5) is 24.8. The zero-order valence-corrected chi connectivity index (χ0v) is 26.8. The lowest BCUT2D eigenvalue weighted by atomic mass is 10.0. The number of nitrogens with zero attached hydrogens (tertiary/aromatic N) is 4. The summed E-state index contributed by atoms with van der Waals surface area (Å²) in [6, 6.07) is 8.14. The lowest BCUT2D eigenvalue weighted by Gasteiger charge is -2.21. The Hall–Kier alpha value is -4.24. The van der Waals surface area contributed by atoms with E-state index in [4.69, 9.17) is 25.8 Å². The van der Waals surface area contributed by atoms with Crippen molar-refractivity contribution in [2.75, 3.05) is 21.2 Å². The summed E-state index contributed by atoms with van der Waals surface area (Å²) < 4.78 is 60.1. The van der Waals surface area contributed by atoms with Crippen molar-refractivity contribution in [3.8, 4) is 11.5 Å². The van der Waals surface area contributed by atoms with E-state index in [9.17, 15) is 18.3 Å². The number of ether oxygens (including phenoxy) is 3. The van der Waals surface area contributed by atoms with Gasteiger partial charge in [0.15, 0.2) is 17.3 Å². The quantitative estimate of drug-likeness (QED) is 0.223. The Balaban J connectivity index is 1.51. The second-order valence-corrected chi connectivity index (χ2v) is 13.9. The molecule has 0 bridgehead atoms. The molecule has 1 atom stereocenters. The fraction of sp³-hybridized carbons (Fsp3) is 0.300. The normalized spacial score (nSPS) is 13.0. The predicted octanol–water partition coefficient (Wildman–Crippen LogP) is 5.41. The molecule has 3 heterocycles. The van der Waals surface area contributed by atoms with Gasteiger partial charge in [0.05, 0.1) is 28.1 Å². The molecule has 5 rings (SSSR count). The maximum atomic E-state index is 15.5. The highest BCUT2D eigenvalue weighted by Crippen LogP contribution is 2.37. The van der Waals surface area contributed by atoms with Crippen LogP contribution in [-0.4, -0.2) is 70.2 Å². The second kappa shape index (κ2) is 11.9. The Kier molecular flexibility index (Phi) is 8.53. The summed E-state index contributed by atoms with van der Waals surface area (Å²) >= 11 is 6.08. The molecule has 0 radical (unpaired) electrons. The summed E-state index contributed by atoms with van der Waals surface area (Å²) in [7, 11) is 0.379. The van der Waals surface area contributed by atoms with Crippen LogP contribution in [0.4, 0.5) is 9.18 Å². The van der Waals surface area contributed by atoms with Crippen molar-refractivity contribution in [1.29, 1.82) is 0 Å². The van der Waals surface area contributed by atoms with Gasteiger partial charge in [0.2, 0.25) is 10.0 Å². The molecule has 1 unspecified atom stereocenters. The molecule has 2 aromatic carbocycles. The zero-order valence-electron chi connectivity index (χ0n) is 25.3. The van der Waals surface area contributed by atoms with Gasteiger partial charge in [0.1, 0.15) is 29.8 Å². The van der Waals surface area contributed by atoms with Gasteiger partial charge in [-0.1, -0.05) is 11.6 Å². The van der Waals surface area contributed by atoms with Crippen molar-refractivity contribution in [2.24, 2.45) is 0 Å². The van der Waals surface area contributed by atoms with Crippen molar-refractivity contribution < 1.29 is 36.9 Å². The number of aliphatic hydroxyl groups excluding tert-OH is 1. The van der Waals surface area contributed by atoms with Crippen LogP contribution in [-0.2, 0) is 21.4 Å². The molecule has 15 heteroatoms.